The van der Waals surface area contributed by atoms with Gasteiger partial charge in [0.1, 0.15) is 0 Å². The molecule has 0 saturated heterocycles. The molecule has 0 amide bonds. The van der Waals surface area contributed by atoms with Crippen LogP contribution in [0.3, 0.4) is 0 Å². The van der Waals surface area contributed by atoms with Crippen molar-refractivity contribution in [3.8, 4) is 0 Å². The second-order valence-electron chi connectivity index (χ2n) is 12.6. The average molecular weight is 569 g/mol. The van der Waals surface area contributed by atoms with Gasteiger partial charge in [-0.05, 0) is 86.1 Å². The minimum Gasteiger partial charge on any atom is -0.310 e. The third-order valence-electron chi connectivity index (χ3n) is 10.0. The van der Waals surface area contributed by atoms with Crippen LogP contribution >= 0.6 is 0 Å². The Hall–Kier alpha value is -4.82. The lowest BCUT2D eigenvalue weighted by molar-refractivity contribution is 0.787. The molecule has 0 bridgehead atoms. The Kier molecular flexibility index (Phi) is 6.07. The molecule has 2 atom stereocenters. The summed E-state index contributed by atoms with van der Waals surface area (Å²) in [5.41, 5.74) is 9.35. The molecule has 4 aliphatic carbocycles. The van der Waals surface area contributed by atoms with Gasteiger partial charge in [0.25, 0.3) is 0 Å². The first-order valence-electron chi connectivity index (χ1n) is 16.3. The molecule has 44 heavy (non-hydrogen) atoms. The normalized spacial score (nSPS) is 21.1. The van der Waals surface area contributed by atoms with Crippen LogP contribution in [-0.2, 0) is 0 Å². The Morgan fingerprint density at radius 3 is 1.95 bits per heavy atom. The van der Waals surface area contributed by atoms with Gasteiger partial charge in [0.2, 0.25) is 0 Å². The molecule has 0 fully saturated rings. The van der Waals surface area contributed by atoms with Gasteiger partial charge in [-0.2, -0.15) is 0 Å². The summed E-state index contributed by atoms with van der Waals surface area (Å²) < 4.78 is 4.92. The van der Waals surface area contributed by atoms with Crippen molar-refractivity contribution < 1.29 is 0 Å². The molecule has 2 heteroatoms. The molecule has 2 aromatic heterocycles. The molecule has 5 aromatic rings. The van der Waals surface area contributed by atoms with Gasteiger partial charge in [-0.15, -0.1) is 0 Å². The standard InChI is InChI=1S/C42H36N2/c1-3-11-33(12-4-1)43-39-17-9-7-15-35(39)37-27-31(23-25-41(37)43)29-19-21-30(22-20-29)32-24-26-42-38(28-32)36-16-8-10-18-40(36)44(42)34-13-5-2-6-14-34/h3,5,7-21,24-28,30-31H,1-2,4,6,22-23H2. The first-order chi connectivity index (χ1) is 21.8. The van der Waals surface area contributed by atoms with Crippen LogP contribution in [0.1, 0.15) is 50.0 Å². The Balaban J connectivity index is 1.05. The zero-order chi connectivity index (χ0) is 29.0. The van der Waals surface area contributed by atoms with E-state index < -0.39 is 0 Å². The smallest absolute Gasteiger partial charge is 0.0541 e. The van der Waals surface area contributed by atoms with Crippen molar-refractivity contribution >= 4 is 56.3 Å². The first-order valence-corrected chi connectivity index (χ1v) is 16.3. The van der Waals surface area contributed by atoms with Crippen molar-refractivity contribution in [2.45, 2.75) is 44.4 Å². The van der Waals surface area contributed by atoms with E-state index in [0.717, 1.165) is 38.5 Å². The Morgan fingerprint density at radius 1 is 0.545 bits per heavy atom. The molecule has 9 rings (SSSR count). The van der Waals surface area contributed by atoms with Crippen LogP contribution in [-0.4, -0.2) is 9.13 Å². The molecular weight excluding hydrogens is 532 g/mol. The fraction of sp³-hybridized carbons (Fsp3) is 0.190. The molecular formula is C42H36N2. The van der Waals surface area contributed by atoms with E-state index in [2.05, 4.69) is 143 Å². The van der Waals surface area contributed by atoms with Crippen molar-refractivity contribution in [1.82, 2.24) is 9.13 Å². The van der Waals surface area contributed by atoms with Gasteiger partial charge in [0, 0.05) is 50.0 Å². The highest BCUT2D eigenvalue weighted by atomic mass is 15.0. The van der Waals surface area contributed by atoms with Crippen molar-refractivity contribution in [2.75, 3.05) is 0 Å². The molecule has 2 unspecified atom stereocenters. The van der Waals surface area contributed by atoms with Gasteiger partial charge in [0.15, 0.2) is 0 Å². The average Bonchev–Trinajstić information content (AvgIpc) is 3.61. The Labute approximate surface area is 258 Å². The van der Waals surface area contributed by atoms with Crippen LogP contribution in [0, 0.1) is 5.92 Å². The molecule has 4 aliphatic rings. The van der Waals surface area contributed by atoms with Gasteiger partial charge in [0.05, 0.1) is 16.6 Å². The van der Waals surface area contributed by atoms with E-state index in [4.69, 9.17) is 0 Å². The lowest BCUT2D eigenvalue weighted by Gasteiger charge is -2.22. The monoisotopic (exact) mass is 568 g/mol. The molecule has 0 aliphatic heterocycles. The fourth-order valence-electron chi connectivity index (χ4n) is 7.87. The van der Waals surface area contributed by atoms with E-state index in [-0.39, 0.29) is 0 Å². The summed E-state index contributed by atoms with van der Waals surface area (Å²) in [6.07, 6.45) is 32.9. The maximum absolute atomic E-state index is 2.53. The summed E-state index contributed by atoms with van der Waals surface area (Å²) in [6.45, 7) is 0. The van der Waals surface area contributed by atoms with Crippen LogP contribution < -0.4 is 10.6 Å². The SMILES string of the molecule is C1=CC(n2c3c(c4ccccc42)=CC(C2=CCC(c4ccc5c(c4)c4ccccc4n5C4=CCCC=C4)C=C2)CC=3)=CCC1. The quantitative estimate of drug-likeness (QED) is 0.204. The summed E-state index contributed by atoms with van der Waals surface area (Å²) >= 11 is 0. The number of benzene rings is 3. The first kappa shape index (κ1) is 25.7. The molecule has 0 saturated carbocycles. The number of hydrogen-bond donors (Lipinski definition) is 0. The fourth-order valence-corrected chi connectivity index (χ4v) is 7.87. The van der Waals surface area contributed by atoms with Crippen molar-refractivity contribution in [3.63, 3.8) is 0 Å². The van der Waals surface area contributed by atoms with E-state index >= 15 is 0 Å². The highest BCUT2D eigenvalue weighted by Crippen LogP contribution is 2.37. The van der Waals surface area contributed by atoms with E-state index in [1.807, 2.05) is 0 Å². The zero-order valence-electron chi connectivity index (χ0n) is 25.0. The number of nitrogens with zero attached hydrogens (tertiary/aromatic N) is 2. The van der Waals surface area contributed by atoms with E-state index in [1.165, 1.54) is 65.8 Å². The van der Waals surface area contributed by atoms with Crippen molar-refractivity contribution in [3.05, 3.63) is 143 Å². The van der Waals surface area contributed by atoms with E-state index in [9.17, 15) is 0 Å². The lowest BCUT2D eigenvalue weighted by Crippen LogP contribution is -2.32. The largest absolute Gasteiger partial charge is 0.310 e. The van der Waals surface area contributed by atoms with Gasteiger partial charge >= 0.3 is 0 Å². The second-order valence-corrected chi connectivity index (χ2v) is 12.6. The summed E-state index contributed by atoms with van der Waals surface area (Å²) in [6, 6.07) is 24.9. The third-order valence-corrected chi connectivity index (χ3v) is 10.0. The van der Waals surface area contributed by atoms with Crippen LogP contribution in [0.25, 0.3) is 56.3 Å². The third kappa shape index (κ3) is 4.08. The highest BCUT2D eigenvalue weighted by Gasteiger charge is 2.21. The van der Waals surface area contributed by atoms with Gasteiger partial charge < -0.3 is 9.13 Å². The number of hydrogen-bond acceptors (Lipinski definition) is 0. The van der Waals surface area contributed by atoms with Crippen LogP contribution in [0.5, 0.6) is 0 Å². The van der Waals surface area contributed by atoms with E-state index in [1.54, 1.807) is 0 Å². The molecule has 0 radical (unpaired) electrons. The number of para-hydroxylation sites is 2. The molecule has 3 aromatic carbocycles. The van der Waals surface area contributed by atoms with Gasteiger partial charge in [-0.1, -0.05) is 97.1 Å². The van der Waals surface area contributed by atoms with Crippen LogP contribution in [0.2, 0.25) is 0 Å². The lowest BCUT2D eigenvalue weighted by atomic mass is 9.83. The molecule has 0 spiro atoms. The Morgan fingerprint density at radius 2 is 1.23 bits per heavy atom. The van der Waals surface area contributed by atoms with E-state index in [0.29, 0.717) is 11.8 Å². The van der Waals surface area contributed by atoms with Crippen molar-refractivity contribution in [2.24, 2.45) is 5.92 Å². The van der Waals surface area contributed by atoms with Gasteiger partial charge in [-0.25, -0.2) is 0 Å². The topological polar surface area (TPSA) is 9.86 Å². The van der Waals surface area contributed by atoms with Crippen molar-refractivity contribution in [1.29, 1.82) is 0 Å². The summed E-state index contributed by atoms with van der Waals surface area (Å²) in [5, 5.41) is 6.78. The summed E-state index contributed by atoms with van der Waals surface area (Å²) in [4.78, 5) is 0. The van der Waals surface area contributed by atoms with Crippen LogP contribution in [0.15, 0.2) is 127 Å². The number of allylic oxidation sites excluding steroid dienone is 12. The van der Waals surface area contributed by atoms with Gasteiger partial charge in [-0.3, -0.25) is 0 Å². The second kappa shape index (κ2) is 10.4. The number of rotatable bonds is 4. The zero-order valence-corrected chi connectivity index (χ0v) is 25.0. The summed E-state index contributed by atoms with van der Waals surface area (Å²) in [7, 11) is 0. The van der Waals surface area contributed by atoms with Crippen LogP contribution in [0.4, 0.5) is 0 Å². The minimum atomic E-state index is 0.397. The molecule has 2 heterocycles. The number of aromatic nitrogens is 2. The minimum absolute atomic E-state index is 0.397. The highest BCUT2D eigenvalue weighted by molar-refractivity contribution is 6.10. The molecule has 0 N–H and O–H groups in total. The maximum atomic E-state index is 2.53. The Bertz CT molecular complexity index is 2290. The maximum Gasteiger partial charge on any atom is 0.0541 e. The number of fused-ring (bicyclic) bond motifs is 6. The predicted molar refractivity (Wildman–Crippen MR) is 188 cm³/mol. The predicted octanol–water partition coefficient (Wildman–Crippen LogP) is 9.38. The summed E-state index contributed by atoms with van der Waals surface area (Å²) in [5.74, 6) is 0.807. The molecule has 2 nitrogen and oxygen atoms in total. The molecule has 214 valence electrons.